The minimum absolute atomic E-state index is 0.0587. The van der Waals surface area contributed by atoms with E-state index in [1.54, 1.807) is 0 Å². The summed E-state index contributed by atoms with van der Waals surface area (Å²) in [4.78, 5) is 12.2. The number of benzene rings is 1. The van der Waals surface area contributed by atoms with Crippen molar-refractivity contribution in [3.05, 3.63) is 29.3 Å². The molecule has 3 heteroatoms. The van der Waals surface area contributed by atoms with E-state index in [9.17, 15) is 4.79 Å². The first-order valence-electron chi connectivity index (χ1n) is 6.70. The Hall–Kier alpha value is -1.35. The van der Waals surface area contributed by atoms with Gasteiger partial charge in [-0.25, -0.2) is 0 Å². The average Bonchev–Trinajstić information content (AvgIpc) is 2.35. The molecule has 0 fully saturated rings. The van der Waals surface area contributed by atoms with E-state index in [1.807, 2.05) is 39.0 Å². The monoisotopic (exact) mass is 248 g/mol. The van der Waals surface area contributed by atoms with Crippen molar-refractivity contribution in [2.45, 2.75) is 46.6 Å². The van der Waals surface area contributed by atoms with E-state index < -0.39 is 0 Å². The third-order valence-corrected chi connectivity index (χ3v) is 3.09. The van der Waals surface area contributed by atoms with Gasteiger partial charge >= 0.3 is 0 Å². The number of rotatable bonds is 6. The molecule has 0 saturated heterocycles. The normalized spacial score (nSPS) is 12.2. The maximum absolute atomic E-state index is 12.2. The van der Waals surface area contributed by atoms with E-state index in [0.29, 0.717) is 0 Å². The molecule has 3 nitrogen and oxygen atoms in total. The molecule has 18 heavy (non-hydrogen) atoms. The van der Waals surface area contributed by atoms with Crippen molar-refractivity contribution in [3.8, 4) is 0 Å². The lowest BCUT2D eigenvalue weighted by Crippen LogP contribution is -2.40. The molecule has 1 unspecified atom stereocenters. The fourth-order valence-corrected chi connectivity index (χ4v) is 1.96. The van der Waals surface area contributed by atoms with Crippen molar-refractivity contribution in [3.63, 3.8) is 0 Å². The van der Waals surface area contributed by atoms with Crippen LogP contribution in [0.5, 0.6) is 0 Å². The fraction of sp³-hybridized carbons (Fsp3) is 0.533. The van der Waals surface area contributed by atoms with Crippen molar-refractivity contribution < 1.29 is 4.79 Å². The van der Waals surface area contributed by atoms with Crippen molar-refractivity contribution in [1.82, 2.24) is 5.32 Å². The van der Waals surface area contributed by atoms with E-state index in [1.165, 1.54) is 0 Å². The van der Waals surface area contributed by atoms with Crippen LogP contribution in [-0.4, -0.2) is 18.5 Å². The quantitative estimate of drug-likeness (QED) is 0.812. The van der Waals surface area contributed by atoms with Crippen LogP contribution in [0.25, 0.3) is 0 Å². The van der Waals surface area contributed by atoms with Crippen LogP contribution in [0, 0.1) is 13.8 Å². The van der Waals surface area contributed by atoms with Crippen molar-refractivity contribution >= 4 is 11.6 Å². The molecule has 0 aromatic heterocycles. The summed E-state index contributed by atoms with van der Waals surface area (Å²) in [5.74, 6) is 0.0587. The molecule has 0 aliphatic heterocycles. The highest BCUT2D eigenvalue weighted by Crippen LogP contribution is 2.19. The van der Waals surface area contributed by atoms with Crippen LogP contribution < -0.4 is 10.6 Å². The lowest BCUT2D eigenvalue weighted by molar-refractivity contribution is -0.118. The predicted molar refractivity (Wildman–Crippen MR) is 76.9 cm³/mol. The van der Waals surface area contributed by atoms with Crippen LogP contribution in [0.3, 0.4) is 0 Å². The Morgan fingerprint density at radius 1 is 1.22 bits per heavy atom. The smallest absolute Gasteiger partial charge is 0.241 e. The van der Waals surface area contributed by atoms with Gasteiger partial charge in [0.15, 0.2) is 0 Å². The molecule has 1 amide bonds. The number of aryl methyl sites for hydroxylation is 2. The van der Waals surface area contributed by atoms with Crippen LogP contribution in [0.1, 0.15) is 37.8 Å². The number of carbonyl (C=O) groups is 1. The van der Waals surface area contributed by atoms with E-state index in [4.69, 9.17) is 0 Å². The van der Waals surface area contributed by atoms with Gasteiger partial charge in [-0.3, -0.25) is 4.79 Å². The molecule has 0 aliphatic rings. The molecule has 1 rings (SSSR count). The molecule has 100 valence electrons. The number of hydrogen-bond donors (Lipinski definition) is 2. The fourth-order valence-electron chi connectivity index (χ4n) is 1.96. The van der Waals surface area contributed by atoms with Gasteiger partial charge in [-0.1, -0.05) is 32.0 Å². The first-order valence-corrected chi connectivity index (χ1v) is 6.70. The Labute approximate surface area is 110 Å². The summed E-state index contributed by atoms with van der Waals surface area (Å²) in [6.07, 6.45) is 1.84. The summed E-state index contributed by atoms with van der Waals surface area (Å²) >= 11 is 0. The second-order valence-corrected chi connectivity index (χ2v) is 4.67. The van der Waals surface area contributed by atoms with Gasteiger partial charge in [0.2, 0.25) is 5.91 Å². The van der Waals surface area contributed by atoms with Crippen LogP contribution in [0.15, 0.2) is 18.2 Å². The van der Waals surface area contributed by atoms with E-state index >= 15 is 0 Å². The summed E-state index contributed by atoms with van der Waals surface area (Å²) in [7, 11) is 0. The van der Waals surface area contributed by atoms with Gasteiger partial charge in [0, 0.05) is 5.69 Å². The Morgan fingerprint density at radius 2 is 1.83 bits per heavy atom. The summed E-state index contributed by atoms with van der Waals surface area (Å²) in [5, 5.41) is 6.30. The number of carbonyl (C=O) groups excluding carboxylic acids is 1. The van der Waals surface area contributed by atoms with Crippen molar-refractivity contribution in [2.24, 2.45) is 0 Å². The minimum atomic E-state index is -0.107. The minimum Gasteiger partial charge on any atom is -0.324 e. The van der Waals surface area contributed by atoms with Crippen LogP contribution in [0.2, 0.25) is 0 Å². The lowest BCUT2D eigenvalue weighted by atomic mass is 10.1. The third-order valence-electron chi connectivity index (χ3n) is 3.09. The largest absolute Gasteiger partial charge is 0.324 e. The Kier molecular flexibility index (Phi) is 5.86. The maximum atomic E-state index is 12.2. The number of hydrogen-bond acceptors (Lipinski definition) is 2. The van der Waals surface area contributed by atoms with Gasteiger partial charge < -0.3 is 10.6 Å². The molecule has 0 bridgehead atoms. The van der Waals surface area contributed by atoms with Crippen LogP contribution >= 0.6 is 0 Å². The number of amides is 1. The zero-order chi connectivity index (χ0) is 13.5. The molecule has 0 heterocycles. The Balaban J connectivity index is 2.73. The Morgan fingerprint density at radius 3 is 2.33 bits per heavy atom. The highest BCUT2D eigenvalue weighted by atomic mass is 16.2. The molecule has 0 radical (unpaired) electrons. The molecule has 1 aromatic carbocycles. The van der Waals surface area contributed by atoms with E-state index in [2.05, 4.69) is 17.6 Å². The first kappa shape index (κ1) is 14.7. The van der Waals surface area contributed by atoms with Crippen LogP contribution in [-0.2, 0) is 4.79 Å². The maximum Gasteiger partial charge on any atom is 0.241 e. The highest BCUT2D eigenvalue weighted by molar-refractivity contribution is 5.96. The third kappa shape index (κ3) is 3.84. The molecular weight excluding hydrogens is 224 g/mol. The van der Waals surface area contributed by atoms with E-state index in [-0.39, 0.29) is 11.9 Å². The zero-order valence-corrected chi connectivity index (χ0v) is 11.8. The molecule has 1 atom stereocenters. The predicted octanol–water partition coefficient (Wildman–Crippen LogP) is 3.02. The molecule has 2 N–H and O–H groups in total. The lowest BCUT2D eigenvalue weighted by Gasteiger charge is -2.18. The molecule has 0 spiro atoms. The number of para-hydroxylation sites is 1. The summed E-state index contributed by atoms with van der Waals surface area (Å²) in [6.45, 7) is 9.03. The van der Waals surface area contributed by atoms with Gasteiger partial charge in [0.05, 0.1) is 6.04 Å². The Bertz CT molecular complexity index is 381. The van der Waals surface area contributed by atoms with E-state index in [0.717, 1.165) is 36.2 Å². The van der Waals surface area contributed by atoms with Gasteiger partial charge in [0.1, 0.15) is 0 Å². The second kappa shape index (κ2) is 7.17. The number of anilines is 1. The highest BCUT2D eigenvalue weighted by Gasteiger charge is 2.16. The first-order chi connectivity index (χ1) is 8.60. The molecular formula is C15H24N2O. The molecule has 1 aromatic rings. The second-order valence-electron chi connectivity index (χ2n) is 4.67. The summed E-state index contributed by atoms with van der Waals surface area (Å²) in [6, 6.07) is 5.93. The SMILES string of the molecule is CCCNC(CC)C(=O)Nc1c(C)cccc1C. The van der Waals surface area contributed by atoms with Gasteiger partial charge in [-0.05, 0) is 44.4 Å². The summed E-state index contributed by atoms with van der Waals surface area (Å²) < 4.78 is 0. The van der Waals surface area contributed by atoms with Gasteiger partial charge in [0.25, 0.3) is 0 Å². The number of nitrogens with one attached hydrogen (secondary N) is 2. The van der Waals surface area contributed by atoms with Crippen molar-refractivity contribution in [2.75, 3.05) is 11.9 Å². The molecule has 0 saturated carbocycles. The standard InChI is InChI=1S/C15H24N2O/c1-5-10-16-13(6-2)15(18)17-14-11(3)8-7-9-12(14)4/h7-9,13,16H,5-6,10H2,1-4H3,(H,17,18). The topological polar surface area (TPSA) is 41.1 Å². The average molecular weight is 248 g/mol. The zero-order valence-electron chi connectivity index (χ0n) is 11.8. The van der Waals surface area contributed by atoms with Crippen molar-refractivity contribution in [1.29, 1.82) is 0 Å². The summed E-state index contributed by atoms with van der Waals surface area (Å²) in [5.41, 5.74) is 3.15. The molecule has 0 aliphatic carbocycles. The van der Waals surface area contributed by atoms with Gasteiger partial charge in [-0.2, -0.15) is 0 Å². The van der Waals surface area contributed by atoms with Crippen LogP contribution in [0.4, 0.5) is 5.69 Å². The van der Waals surface area contributed by atoms with Gasteiger partial charge in [-0.15, -0.1) is 0 Å².